The lowest BCUT2D eigenvalue weighted by Crippen LogP contribution is -2.05. The van der Waals surface area contributed by atoms with Gasteiger partial charge >= 0.3 is 12.1 Å². The lowest BCUT2D eigenvalue weighted by atomic mass is 10.2. The van der Waals surface area contributed by atoms with E-state index in [9.17, 15) is 13.2 Å². The molecule has 0 aliphatic rings. The molecule has 3 heterocycles. The summed E-state index contributed by atoms with van der Waals surface area (Å²) in [5.74, 6) is -1.67. The molecule has 0 unspecified atom stereocenters. The molecule has 0 aromatic carbocycles. The summed E-state index contributed by atoms with van der Waals surface area (Å²) < 4.78 is 43.0. The number of aromatic nitrogens is 5. The Balaban J connectivity index is 1.82. The van der Waals surface area contributed by atoms with Gasteiger partial charge in [0.05, 0.1) is 18.6 Å². The quantitative estimate of drug-likeness (QED) is 0.713. The Bertz CT molecular complexity index is 989. The van der Waals surface area contributed by atoms with Crippen LogP contribution in [0.25, 0.3) is 11.4 Å². The van der Waals surface area contributed by atoms with Gasteiger partial charge in [0.2, 0.25) is 5.82 Å². The lowest BCUT2D eigenvalue weighted by Gasteiger charge is -2.03. The Morgan fingerprint density at radius 1 is 1.16 bits per heavy atom. The molecular weight excluding hydrogens is 339 g/mol. The van der Waals surface area contributed by atoms with Crippen LogP contribution in [0.4, 0.5) is 13.2 Å². The van der Waals surface area contributed by atoms with Crippen molar-refractivity contribution in [2.45, 2.75) is 12.7 Å². The molecule has 124 valence electrons. The third-order valence-corrected chi connectivity index (χ3v) is 3.13. The van der Waals surface area contributed by atoms with Gasteiger partial charge in [-0.2, -0.15) is 28.7 Å². The SMILES string of the molecule is N#Cc1ncn(Cc2ccc(-c3noc(C(F)(F)F)n3)cn2)c1C#N. The van der Waals surface area contributed by atoms with Gasteiger partial charge in [-0.1, -0.05) is 5.16 Å². The molecule has 3 aromatic rings. The maximum Gasteiger partial charge on any atom is 0.471 e. The van der Waals surface area contributed by atoms with Crippen molar-refractivity contribution in [3.05, 3.63) is 47.6 Å². The molecule has 3 rings (SSSR count). The molecule has 0 N–H and O–H groups in total. The highest BCUT2D eigenvalue weighted by atomic mass is 19.4. The van der Waals surface area contributed by atoms with Crippen LogP contribution < -0.4 is 0 Å². The second-order valence-corrected chi connectivity index (χ2v) is 4.75. The number of imidazole rings is 1. The zero-order valence-electron chi connectivity index (χ0n) is 12.2. The summed E-state index contributed by atoms with van der Waals surface area (Å²) in [6.45, 7) is 0.165. The largest absolute Gasteiger partial charge is 0.471 e. The predicted octanol–water partition coefficient (Wildman–Crippen LogP) is 2.14. The minimum atomic E-state index is -4.72. The van der Waals surface area contributed by atoms with Crippen molar-refractivity contribution >= 4 is 0 Å². The Kier molecular flexibility index (Phi) is 3.91. The first kappa shape index (κ1) is 16.1. The van der Waals surface area contributed by atoms with Crippen LogP contribution >= 0.6 is 0 Å². The predicted molar refractivity (Wildman–Crippen MR) is 73.3 cm³/mol. The van der Waals surface area contributed by atoms with Gasteiger partial charge < -0.3 is 9.09 Å². The topological polar surface area (TPSA) is 117 Å². The van der Waals surface area contributed by atoms with Crippen LogP contribution in [0.3, 0.4) is 0 Å². The number of hydrogen-bond acceptors (Lipinski definition) is 7. The van der Waals surface area contributed by atoms with E-state index in [1.54, 1.807) is 6.07 Å². The van der Waals surface area contributed by atoms with Crippen molar-refractivity contribution in [2.75, 3.05) is 0 Å². The van der Waals surface area contributed by atoms with Crippen LogP contribution in [0.5, 0.6) is 0 Å². The molecule has 0 radical (unpaired) electrons. The molecule has 0 atom stereocenters. The molecular formula is C14H6F3N7O. The molecule has 0 spiro atoms. The highest BCUT2D eigenvalue weighted by Gasteiger charge is 2.38. The molecule has 0 aliphatic heterocycles. The van der Waals surface area contributed by atoms with Gasteiger partial charge in [-0.05, 0) is 12.1 Å². The average Bonchev–Trinajstić information content (AvgIpc) is 3.22. The molecule has 0 aliphatic carbocycles. The number of rotatable bonds is 3. The van der Waals surface area contributed by atoms with E-state index in [4.69, 9.17) is 10.5 Å². The normalized spacial score (nSPS) is 11.1. The molecule has 3 aromatic heterocycles. The number of alkyl halides is 3. The fraction of sp³-hybridized carbons (Fsp3) is 0.143. The van der Waals surface area contributed by atoms with Crippen molar-refractivity contribution in [1.29, 1.82) is 10.5 Å². The molecule has 25 heavy (non-hydrogen) atoms. The van der Waals surface area contributed by atoms with Gasteiger partial charge in [0.1, 0.15) is 12.1 Å². The van der Waals surface area contributed by atoms with Crippen molar-refractivity contribution in [1.82, 2.24) is 24.7 Å². The van der Waals surface area contributed by atoms with Gasteiger partial charge in [-0.25, -0.2) is 4.98 Å². The zero-order valence-corrected chi connectivity index (χ0v) is 12.2. The van der Waals surface area contributed by atoms with E-state index in [-0.39, 0.29) is 29.3 Å². The van der Waals surface area contributed by atoms with Crippen molar-refractivity contribution in [3.63, 3.8) is 0 Å². The molecule has 0 saturated carbocycles. The average molecular weight is 345 g/mol. The van der Waals surface area contributed by atoms with Gasteiger partial charge in [0.15, 0.2) is 11.4 Å². The van der Waals surface area contributed by atoms with Crippen molar-refractivity contribution in [3.8, 4) is 23.5 Å². The number of nitriles is 2. The van der Waals surface area contributed by atoms with Crippen LogP contribution in [0, 0.1) is 22.7 Å². The first-order valence-corrected chi connectivity index (χ1v) is 6.64. The first-order valence-electron chi connectivity index (χ1n) is 6.64. The number of hydrogen-bond donors (Lipinski definition) is 0. The van der Waals surface area contributed by atoms with Crippen LogP contribution in [0.1, 0.15) is 23.0 Å². The van der Waals surface area contributed by atoms with E-state index in [0.29, 0.717) is 5.69 Å². The number of nitrogens with zero attached hydrogens (tertiary/aromatic N) is 7. The summed E-state index contributed by atoms with van der Waals surface area (Å²) in [6, 6.07) is 6.69. The van der Waals surface area contributed by atoms with Crippen molar-refractivity contribution < 1.29 is 17.7 Å². The second kappa shape index (κ2) is 6.05. The standard InChI is InChI=1S/C14H6F3N7O/c15-14(16,17)13-22-12(23-25-13)8-1-2-9(20-5-8)6-24-7-21-10(3-18)11(24)4-19/h1-2,5,7H,6H2. The van der Waals surface area contributed by atoms with E-state index in [2.05, 4.69) is 24.6 Å². The maximum absolute atomic E-state index is 12.5. The van der Waals surface area contributed by atoms with E-state index >= 15 is 0 Å². The van der Waals surface area contributed by atoms with Crippen LogP contribution in [-0.4, -0.2) is 24.7 Å². The van der Waals surface area contributed by atoms with Gasteiger partial charge in [0.25, 0.3) is 0 Å². The number of pyridine rings is 1. The number of halogens is 3. The van der Waals surface area contributed by atoms with Gasteiger partial charge in [-0.15, -0.1) is 0 Å². The van der Waals surface area contributed by atoms with Crippen molar-refractivity contribution in [2.24, 2.45) is 0 Å². The summed E-state index contributed by atoms with van der Waals surface area (Å²) in [4.78, 5) is 11.2. The van der Waals surface area contributed by atoms with Gasteiger partial charge in [0, 0.05) is 11.8 Å². The monoisotopic (exact) mass is 345 g/mol. The third kappa shape index (κ3) is 3.16. The summed E-state index contributed by atoms with van der Waals surface area (Å²) in [5.41, 5.74) is 0.848. The fourth-order valence-electron chi connectivity index (χ4n) is 1.98. The molecule has 11 heteroatoms. The van der Waals surface area contributed by atoms with E-state index in [1.807, 2.05) is 6.07 Å². The molecule has 8 nitrogen and oxygen atoms in total. The minimum Gasteiger partial charge on any atom is -0.329 e. The molecule has 0 fully saturated rings. The first-order chi connectivity index (χ1) is 11.9. The van der Waals surface area contributed by atoms with Gasteiger partial charge in [-0.3, -0.25) is 4.98 Å². The fourth-order valence-corrected chi connectivity index (χ4v) is 1.98. The zero-order chi connectivity index (χ0) is 18.0. The van der Waals surface area contributed by atoms with Crippen LogP contribution in [-0.2, 0) is 12.7 Å². The summed E-state index contributed by atoms with van der Waals surface area (Å²) in [5, 5.41) is 21.2. The third-order valence-electron chi connectivity index (χ3n) is 3.13. The smallest absolute Gasteiger partial charge is 0.329 e. The maximum atomic E-state index is 12.5. The molecule has 0 bridgehead atoms. The summed E-state index contributed by atoms with van der Waals surface area (Å²) >= 11 is 0. The highest BCUT2D eigenvalue weighted by molar-refractivity contribution is 5.52. The van der Waals surface area contributed by atoms with E-state index < -0.39 is 12.1 Å². The van der Waals surface area contributed by atoms with Crippen LogP contribution in [0.2, 0.25) is 0 Å². The van der Waals surface area contributed by atoms with Crippen LogP contribution in [0.15, 0.2) is 29.2 Å². The van der Waals surface area contributed by atoms with E-state index in [0.717, 1.165) is 0 Å². The Labute approximate surface area is 137 Å². The Morgan fingerprint density at radius 2 is 1.96 bits per heavy atom. The highest BCUT2D eigenvalue weighted by Crippen LogP contribution is 2.29. The summed E-state index contributed by atoms with van der Waals surface area (Å²) in [7, 11) is 0. The second-order valence-electron chi connectivity index (χ2n) is 4.75. The lowest BCUT2D eigenvalue weighted by molar-refractivity contribution is -0.159. The molecule has 0 saturated heterocycles. The summed E-state index contributed by atoms with van der Waals surface area (Å²) in [6.07, 6.45) is -2.10. The Morgan fingerprint density at radius 3 is 2.52 bits per heavy atom. The van der Waals surface area contributed by atoms with E-state index in [1.165, 1.54) is 29.2 Å². The minimum absolute atomic E-state index is 0.00518. The molecule has 0 amide bonds. The Hall–Kier alpha value is -3.73.